The highest BCUT2D eigenvalue weighted by atomic mass is 16.5. The molecule has 7 aromatic rings. The highest BCUT2D eigenvalue weighted by Gasteiger charge is 2.23. The maximum atomic E-state index is 6.80. The van der Waals surface area contributed by atoms with Gasteiger partial charge in [-0.2, -0.15) is 5.10 Å². The van der Waals surface area contributed by atoms with E-state index >= 15 is 0 Å². The smallest absolute Gasteiger partial charge is 0.137 e. The molecule has 4 aromatic carbocycles. The lowest BCUT2D eigenvalue weighted by molar-refractivity contribution is 0.478. The van der Waals surface area contributed by atoms with Crippen LogP contribution in [0.25, 0.3) is 44.4 Å². The highest BCUT2D eigenvalue weighted by Crippen LogP contribution is 2.38. The topological polar surface area (TPSA) is 44.9 Å². The summed E-state index contributed by atoms with van der Waals surface area (Å²) in [7, 11) is 0. The zero-order chi connectivity index (χ0) is 34.5. The van der Waals surface area contributed by atoms with Crippen LogP contribution in [0.2, 0.25) is 0 Å². The highest BCUT2D eigenvalue weighted by molar-refractivity contribution is 6.09. The molecule has 3 aromatic heterocycles. The van der Waals surface area contributed by atoms with Crippen LogP contribution in [0, 0.1) is 0 Å². The number of rotatable bonds is 7. The second-order valence-electron chi connectivity index (χ2n) is 15.0. The number of para-hydroxylation sites is 1. The van der Waals surface area contributed by atoms with Crippen LogP contribution >= 0.6 is 0 Å². The molecule has 7 rings (SSSR count). The fourth-order valence-electron chi connectivity index (χ4n) is 6.83. The first kappa shape index (κ1) is 32.4. The van der Waals surface area contributed by atoms with Crippen LogP contribution in [0.5, 0.6) is 11.5 Å². The van der Waals surface area contributed by atoms with Crippen LogP contribution in [0.4, 0.5) is 0 Å². The van der Waals surface area contributed by atoms with E-state index in [1.165, 1.54) is 38.7 Å². The molecule has 0 fully saturated rings. The average molecular weight is 647 g/mol. The molecule has 0 saturated heterocycles. The molecule has 0 aliphatic heterocycles. The number of fused-ring (bicyclic) bond motifs is 3. The number of ether oxygens (including phenoxy) is 1. The molecule has 0 atom stereocenters. The Morgan fingerprint density at radius 2 is 1.35 bits per heavy atom. The zero-order valence-electron chi connectivity index (χ0n) is 30.0. The Morgan fingerprint density at radius 3 is 2.06 bits per heavy atom. The number of aromatic nitrogens is 4. The van der Waals surface area contributed by atoms with Gasteiger partial charge in [0.25, 0.3) is 0 Å². The van der Waals surface area contributed by atoms with E-state index in [0.29, 0.717) is 0 Å². The Labute approximate surface area is 290 Å². The predicted octanol–water partition coefficient (Wildman–Crippen LogP) is 11.5. The summed E-state index contributed by atoms with van der Waals surface area (Å²) in [4.78, 5) is 4.86. The maximum Gasteiger partial charge on any atom is 0.137 e. The molecule has 0 aliphatic carbocycles. The largest absolute Gasteiger partial charge is 0.457 e. The number of nitrogens with zero attached hydrogens (tertiary/aromatic N) is 4. The molecular weight excluding hydrogens is 601 g/mol. The van der Waals surface area contributed by atoms with Crippen molar-refractivity contribution >= 4 is 21.8 Å². The van der Waals surface area contributed by atoms with E-state index in [-0.39, 0.29) is 10.8 Å². The number of hydrogen-bond acceptors (Lipinski definition) is 3. The van der Waals surface area contributed by atoms with Crippen molar-refractivity contribution in [1.29, 1.82) is 0 Å². The molecule has 0 N–H and O–H groups in total. The quantitative estimate of drug-likeness (QED) is 0.173. The van der Waals surface area contributed by atoms with Crippen molar-refractivity contribution < 1.29 is 4.74 Å². The van der Waals surface area contributed by atoms with Crippen molar-refractivity contribution in [2.75, 3.05) is 0 Å². The van der Waals surface area contributed by atoms with Gasteiger partial charge in [-0.05, 0) is 82.8 Å². The molecule has 0 bridgehead atoms. The van der Waals surface area contributed by atoms with Gasteiger partial charge < -0.3 is 4.74 Å². The summed E-state index contributed by atoms with van der Waals surface area (Å²) in [5.41, 5.74) is 10.3. The molecule has 5 nitrogen and oxygen atoms in total. The number of pyridine rings is 1. The van der Waals surface area contributed by atoms with Gasteiger partial charge in [0.05, 0.1) is 28.1 Å². The van der Waals surface area contributed by atoms with Gasteiger partial charge in [-0.25, -0.2) is 9.67 Å². The minimum absolute atomic E-state index is 0.00642. The molecule has 0 unspecified atom stereocenters. The Morgan fingerprint density at radius 1 is 0.633 bits per heavy atom. The van der Waals surface area contributed by atoms with Crippen LogP contribution in [-0.2, 0) is 23.7 Å². The Hall–Kier alpha value is -5.16. The fourth-order valence-corrected chi connectivity index (χ4v) is 6.83. The van der Waals surface area contributed by atoms with Gasteiger partial charge in [-0.3, -0.25) is 4.57 Å². The summed E-state index contributed by atoms with van der Waals surface area (Å²) >= 11 is 0. The maximum absolute atomic E-state index is 6.80. The van der Waals surface area contributed by atoms with Crippen molar-refractivity contribution in [1.82, 2.24) is 19.3 Å². The lowest BCUT2D eigenvalue weighted by Crippen LogP contribution is -2.13. The van der Waals surface area contributed by atoms with Crippen LogP contribution in [0.1, 0.15) is 77.9 Å². The SMILES string of the molecule is CCc1nn(-c2cc(Oc3ccc4c5ccccc5n(-c5cc(C(C)(C)C)ccn5)c4c3)cc(C(C)(C)C)c2)c(CC)c1-c1ccccc1. The van der Waals surface area contributed by atoms with E-state index in [4.69, 9.17) is 14.8 Å². The first-order valence-corrected chi connectivity index (χ1v) is 17.5. The molecule has 0 radical (unpaired) electrons. The van der Waals surface area contributed by atoms with E-state index in [0.717, 1.165) is 52.6 Å². The normalized spacial score (nSPS) is 12.2. The van der Waals surface area contributed by atoms with Gasteiger partial charge in [-0.1, -0.05) is 104 Å². The lowest BCUT2D eigenvalue weighted by Gasteiger charge is -2.22. The van der Waals surface area contributed by atoms with Crippen LogP contribution in [0.3, 0.4) is 0 Å². The second kappa shape index (κ2) is 12.4. The molecule has 49 heavy (non-hydrogen) atoms. The summed E-state index contributed by atoms with van der Waals surface area (Å²) in [6.45, 7) is 17.8. The molecular formula is C44H46N4O. The minimum atomic E-state index is -0.0936. The third-order valence-corrected chi connectivity index (χ3v) is 9.51. The third-order valence-electron chi connectivity index (χ3n) is 9.51. The molecule has 3 heterocycles. The van der Waals surface area contributed by atoms with E-state index in [1.807, 2.05) is 6.20 Å². The minimum Gasteiger partial charge on any atom is -0.457 e. The van der Waals surface area contributed by atoms with Crippen LogP contribution in [-0.4, -0.2) is 19.3 Å². The summed E-state index contributed by atoms with van der Waals surface area (Å²) in [5, 5.41) is 7.56. The third kappa shape index (κ3) is 6.03. The Balaban J connectivity index is 1.37. The van der Waals surface area contributed by atoms with Gasteiger partial charge in [0.1, 0.15) is 17.3 Å². The Bertz CT molecular complexity index is 2290. The van der Waals surface area contributed by atoms with E-state index in [2.05, 4.69) is 168 Å². The summed E-state index contributed by atoms with van der Waals surface area (Å²) in [6, 6.07) is 36.5. The van der Waals surface area contributed by atoms with Gasteiger partial charge in [0.2, 0.25) is 0 Å². The predicted molar refractivity (Wildman–Crippen MR) is 204 cm³/mol. The zero-order valence-corrected chi connectivity index (χ0v) is 30.0. The van der Waals surface area contributed by atoms with Gasteiger partial charge in [0, 0.05) is 34.7 Å². The van der Waals surface area contributed by atoms with Gasteiger partial charge in [-0.15, -0.1) is 0 Å². The molecule has 0 spiro atoms. The molecule has 248 valence electrons. The standard InChI is InChI=1S/C44H46N4O/c1-9-37-42(29-16-12-11-13-17-29)38(10-2)48(46-37)32-24-31(44(6,7)8)25-34(27-32)49-33-20-21-36-35-18-14-15-19-39(35)47(40(36)28-33)41-26-30(22-23-45-41)43(3,4)5/h11-28H,9-10H2,1-8H3. The molecule has 5 heteroatoms. The van der Waals surface area contributed by atoms with Crippen molar-refractivity contribution in [3.63, 3.8) is 0 Å². The Kier molecular flexibility index (Phi) is 8.18. The summed E-state index contributed by atoms with van der Waals surface area (Å²) < 4.78 is 11.2. The van der Waals surface area contributed by atoms with E-state index in [9.17, 15) is 0 Å². The fraction of sp³-hybridized carbons (Fsp3) is 0.273. The number of hydrogen-bond donors (Lipinski definition) is 0. The number of benzene rings is 4. The summed E-state index contributed by atoms with van der Waals surface area (Å²) in [6.07, 6.45) is 3.64. The van der Waals surface area contributed by atoms with Crippen molar-refractivity contribution in [3.8, 4) is 34.1 Å². The van der Waals surface area contributed by atoms with Crippen molar-refractivity contribution in [3.05, 3.63) is 132 Å². The van der Waals surface area contributed by atoms with Crippen molar-refractivity contribution in [2.24, 2.45) is 0 Å². The summed E-state index contributed by atoms with van der Waals surface area (Å²) in [5.74, 6) is 2.46. The van der Waals surface area contributed by atoms with E-state index in [1.54, 1.807) is 0 Å². The first-order valence-electron chi connectivity index (χ1n) is 17.5. The van der Waals surface area contributed by atoms with E-state index < -0.39 is 0 Å². The molecule has 0 saturated carbocycles. The molecule has 0 amide bonds. The monoisotopic (exact) mass is 646 g/mol. The lowest BCUT2D eigenvalue weighted by atomic mass is 9.86. The second-order valence-corrected chi connectivity index (χ2v) is 15.0. The van der Waals surface area contributed by atoms with Crippen molar-refractivity contribution in [2.45, 2.75) is 79.1 Å². The number of aryl methyl sites for hydroxylation is 1. The molecule has 0 aliphatic rings. The van der Waals surface area contributed by atoms with Gasteiger partial charge in [0.15, 0.2) is 0 Å². The van der Waals surface area contributed by atoms with Gasteiger partial charge >= 0.3 is 0 Å². The van der Waals surface area contributed by atoms with Crippen LogP contribution < -0.4 is 4.74 Å². The average Bonchev–Trinajstić information content (AvgIpc) is 3.63. The first-order chi connectivity index (χ1) is 23.5. The van der Waals surface area contributed by atoms with Crippen LogP contribution in [0.15, 0.2) is 109 Å².